The fourth-order valence-corrected chi connectivity index (χ4v) is 3.87. The molecule has 0 fully saturated rings. The van der Waals surface area contributed by atoms with Crippen LogP contribution in [0.5, 0.6) is 0 Å². The van der Waals surface area contributed by atoms with Gasteiger partial charge in [-0.1, -0.05) is 68.4 Å². The van der Waals surface area contributed by atoms with E-state index >= 15 is 0 Å². The second kappa shape index (κ2) is 7.52. The van der Waals surface area contributed by atoms with Crippen LogP contribution in [0.15, 0.2) is 65.6 Å². The van der Waals surface area contributed by atoms with Gasteiger partial charge in [-0.25, -0.2) is 9.38 Å². The first-order valence-corrected chi connectivity index (χ1v) is 10.3. The molecule has 0 bridgehead atoms. The molecule has 0 saturated heterocycles. The summed E-state index contributed by atoms with van der Waals surface area (Å²) in [6.45, 7) is 4.51. The van der Waals surface area contributed by atoms with Crippen LogP contribution in [0, 0.1) is 0 Å². The zero-order valence-corrected chi connectivity index (χ0v) is 17.4. The van der Waals surface area contributed by atoms with E-state index in [0.29, 0.717) is 29.7 Å². The Balaban J connectivity index is 1.71. The summed E-state index contributed by atoms with van der Waals surface area (Å²) in [6.07, 6.45) is 1.75. The summed E-state index contributed by atoms with van der Waals surface area (Å²) >= 11 is 0. The van der Waals surface area contributed by atoms with E-state index in [2.05, 4.69) is 35.9 Å². The number of hydrogen-bond donors (Lipinski definition) is 2. The van der Waals surface area contributed by atoms with Crippen LogP contribution in [-0.4, -0.2) is 35.6 Å². The van der Waals surface area contributed by atoms with Crippen molar-refractivity contribution in [1.29, 1.82) is 0 Å². The lowest BCUT2D eigenvalue weighted by atomic mass is 10.0. The van der Waals surface area contributed by atoms with Gasteiger partial charge in [0.1, 0.15) is 5.82 Å². The Morgan fingerprint density at radius 2 is 1.74 bits per heavy atom. The second-order valence-electron chi connectivity index (χ2n) is 7.90. The standard InChI is InChI=1S/C24H23N5O2/c1-15(2)16-8-10-18(11-9-16)21-26-20-22(28(21)12-13-30)27-24-25-19(14-29(24)23(20)31)17-6-4-3-5-7-17/h3-11,14-15,30H,12-13H2,1-2H3,(H,25,27). The van der Waals surface area contributed by atoms with Crippen molar-refractivity contribution in [3.05, 3.63) is 76.7 Å². The summed E-state index contributed by atoms with van der Waals surface area (Å²) in [5.41, 5.74) is 4.39. The molecule has 31 heavy (non-hydrogen) atoms. The number of nitrogens with one attached hydrogen (secondary N) is 1. The molecular weight excluding hydrogens is 390 g/mol. The van der Waals surface area contributed by atoms with E-state index in [1.54, 1.807) is 6.20 Å². The summed E-state index contributed by atoms with van der Waals surface area (Å²) in [7, 11) is 0. The fraction of sp³-hybridized carbons (Fsp3) is 0.208. The van der Waals surface area contributed by atoms with Gasteiger partial charge in [0.25, 0.3) is 5.56 Å². The molecule has 5 aromatic rings. The van der Waals surface area contributed by atoms with Crippen LogP contribution in [0.4, 0.5) is 0 Å². The first-order chi connectivity index (χ1) is 15.1. The molecule has 3 heterocycles. The molecule has 7 nitrogen and oxygen atoms in total. The van der Waals surface area contributed by atoms with Gasteiger partial charge >= 0.3 is 0 Å². The van der Waals surface area contributed by atoms with Crippen LogP contribution in [-0.2, 0) is 6.54 Å². The smallest absolute Gasteiger partial charge is 0.287 e. The number of aliphatic hydroxyl groups is 1. The van der Waals surface area contributed by atoms with Crippen LogP contribution in [0.2, 0.25) is 0 Å². The number of H-pyrrole nitrogens is 1. The van der Waals surface area contributed by atoms with Crippen molar-refractivity contribution in [3.8, 4) is 22.6 Å². The third-order valence-corrected chi connectivity index (χ3v) is 5.55. The summed E-state index contributed by atoms with van der Waals surface area (Å²) in [5.74, 6) is 1.49. The maximum atomic E-state index is 13.2. The van der Waals surface area contributed by atoms with Gasteiger partial charge in [-0.3, -0.25) is 4.79 Å². The van der Waals surface area contributed by atoms with Crippen LogP contribution < -0.4 is 5.56 Å². The van der Waals surface area contributed by atoms with E-state index in [1.165, 1.54) is 9.96 Å². The molecule has 0 aliphatic heterocycles. The lowest BCUT2D eigenvalue weighted by molar-refractivity contribution is 0.278. The molecule has 3 aromatic heterocycles. The molecule has 2 N–H and O–H groups in total. The number of aromatic amines is 1. The molecule has 2 aromatic carbocycles. The zero-order valence-electron chi connectivity index (χ0n) is 17.4. The van der Waals surface area contributed by atoms with E-state index < -0.39 is 0 Å². The predicted octanol–water partition coefficient (Wildman–Crippen LogP) is 3.82. The van der Waals surface area contributed by atoms with Crippen LogP contribution in [0.25, 0.3) is 39.6 Å². The SMILES string of the molecule is CC(C)c1ccc(-c2nc3c(=O)n4cc(-c5ccccc5)[nH]c4nc3n2CCO)cc1. The molecule has 0 saturated carbocycles. The number of aliphatic hydroxyl groups excluding tert-OH is 1. The van der Waals surface area contributed by atoms with Crippen molar-refractivity contribution in [2.45, 2.75) is 26.3 Å². The highest BCUT2D eigenvalue weighted by molar-refractivity contribution is 5.78. The summed E-state index contributed by atoms with van der Waals surface area (Å²) in [6, 6.07) is 17.9. The molecule has 0 aliphatic rings. The lowest BCUT2D eigenvalue weighted by Crippen LogP contribution is -2.14. The maximum Gasteiger partial charge on any atom is 0.287 e. The Morgan fingerprint density at radius 3 is 2.42 bits per heavy atom. The van der Waals surface area contributed by atoms with Crippen molar-refractivity contribution in [3.63, 3.8) is 0 Å². The normalized spacial score (nSPS) is 11.7. The number of imidazole rings is 2. The van der Waals surface area contributed by atoms with Crippen LogP contribution in [0.3, 0.4) is 0 Å². The Labute approximate surface area is 178 Å². The number of fused-ring (bicyclic) bond motifs is 2. The van der Waals surface area contributed by atoms with Crippen LogP contribution >= 0.6 is 0 Å². The van der Waals surface area contributed by atoms with E-state index in [1.807, 2.05) is 47.0 Å². The van der Waals surface area contributed by atoms with E-state index in [-0.39, 0.29) is 17.7 Å². The topological polar surface area (TPSA) is 88.2 Å². The largest absolute Gasteiger partial charge is 0.395 e. The minimum Gasteiger partial charge on any atom is -0.395 e. The molecular formula is C24H23N5O2. The Morgan fingerprint density at radius 1 is 1.00 bits per heavy atom. The summed E-state index contributed by atoms with van der Waals surface area (Å²) in [5, 5.41) is 9.65. The highest BCUT2D eigenvalue weighted by atomic mass is 16.3. The average molecular weight is 413 g/mol. The van der Waals surface area contributed by atoms with Gasteiger partial charge in [0.05, 0.1) is 12.3 Å². The molecule has 0 amide bonds. The first kappa shape index (κ1) is 19.3. The number of aromatic nitrogens is 5. The van der Waals surface area contributed by atoms with E-state index in [0.717, 1.165) is 16.8 Å². The summed E-state index contributed by atoms with van der Waals surface area (Å²) in [4.78, 5) is 25.8. The van der Waals surface area contributed by atoms with Crippen molar-refractivity contribution < 1.29 is 5.11 Å². The summed E-state index contributed by atoms with van der Waals surface area (Å²) < 4.78 is 3.30. The number of hydrogen-bond acceptors (Lipinski definition) is 4. The van der Waals surface area contributed by atoms with E-state index in [4.69, 9.17) is 4.98 Å². The third kappa shape index (κ3) is 3.23. The van der Waals surface area contributed by atoms with Gasteiger partial charge in [0.15, 0.2) is 11.2 Å². The maximum absolute atomic E-state index is 13.2. The molecule has 0 spiro atoms. The molecule has 0 aliphatic carbocycles. The molecule has 0 radical (unpaired) electrons. The van der Waals surface area contributed by atoms with E-state index in [9.17, 15) is 9.90 Å². The van der Waals surface area contributed by atoms with Gasteiger partial charge in [0, 0.05) is 18.3 Å². The third-order valence-electron chi connectivity index (χ3n) is 5.55. The molecule has 156 valence electrons. The van der Waals surface area contributed by atoms with Crippen molar-refractivity contribution in [2.75, 3.05) is 6.61 Å². The zero-order chi connectivity index (χ0) is 21.5. The minimum absolute atomic E-state index is 0.0798. The minimum atomic E-state index is -0.241. The number of benzene rings is 2. The van der Waals surface area contributed by atoms with Gasteiger partial charge in [-0.15, -0.1) is 0 Å². The number of nitrogens with zero attached hydrogens (tertiary/aromatic N) is 4. The predicted molar refractivity (Wildman–Crippen MR) is 121 cm³/mol. The molecule has 7 heteroatoms. The van der Waals surface area contributed by atoms with Crippen molar-refractivity contribution >= 4 is 16.9 Å². The number of rotatable bonds is 5. The highest BCUT2D eigenvalue weighted by Gasteiger charge is 2.19. The lowest BCUT2D eigenvalue weighted by Gasteiger charge is -2.09. The van der Waals surface area contributed by atoms with Gasteiger partial charge < -0.3 is 14.7 Å². The quantitative estimate of drug-likeness (QED) is 0.458. The first-order valence-electron chi connectivity index (χ1n) is 10.3. The van der Waals surface area contributed by atoms with Gasteiger partial charge in [0.2, 0.25) is 5.78 Å². The second-order valence-corrected chi connectivity index (χ2v) is 7.90. The van der Waals surface area contributed by atoms with Gasteiger partial charge in [-0.05, 0) is 17.0 Å². The Bertz CT molecular complexity index is 1430. The monoisotopic (exact) mass is 413 g/mol. The fourth-order valence-electron chi connectivity index (χ4n) is 3.87. The molecule has 0 unspecified atom stereocenters. The molecule has 0 atom stereocenters. The van der Waals surface area contributed by atoms with Gasteiger partial charge in [-0.2, -0.15) is 4.98 Å². The Kier molecular flexibility index (Phi) is 4.67. The van der Waals surface area contributed by atoms with Crippen molar-refractivity contribution in [1.82, 2.24) is 23.9 Å². The van der Waals surface area contributed by atoms with Crippen LogP contribution in [0.1, 0.15) is 25.3 Å². The van der Waals surface area contributed by atoms with Crippen molar-refractivity contribution in [2.24, 2.45) is 0 Å². The highest BCUT2D eigenvalue weighted by Crippen LogP contribution is 2.25. The molecule has 5 rings (SSSR count). The average Bonchev–Trinajstić information content (AvgIpc) is 3.38. The Hall–Kier alpha value is -3.71.